The number of nitrogens with one attached hydrogen (secondary N) is 3. The van der Waals surface area contributed by atoms with Gasteiger partial charge in [0, 0.05) is 5.02 Å². The maximum atomic E-state index is 11.9. The van der Waals surface area contributed by atoms with E-state index in [9.17, 15) is 14.4 Å². The van der Waals surface area contributed by atoms with Gasteiger partial charge < -0.3 is 14.8 Å². The second-order valence-electron chi connectivity index (χ2n) is 5.89. The molecule has 0 saturated heterocycles. The van der Waals surface area contributed by atoms with E-state index in [0.717, 1.165) is 5.56 Å². The maximum absolute atomic E-state index is 11.9. The van der Waals surface area contributed by atoms with Gasteiger partial charge in [-0.3, -0.25) is 20.4 Å². The van der Waals surface area contributed by atoms with Crippen LogP contribution in [-0.4, -0.2) is 36.1 Å². The van der Waals surface area contributed by atoms with Crippen LogP contribution < -0.4 is 20.9 Å². The molecule has 0 aromatic heterocycles. The van der Waals surface area contributed by atoms with Crippen molar-refractivity contribution in [1.82, 2.24) is 16.2 Å². The van der Waals surface area contributed by atoms with E-state index in [1.54, 1.807) is 43.3 Å². The van der Waals surface area contributed by atoms with E-state index in [4.69, 9.17) is 33.3 Å². The summed E-state index contributed by atoms with van der Waals surface area (Å²) >= 11 is 10.8. The molecule has 0 aliphatic heterocycles. The van der Waals surface area contributed by atoms with Crippen LogP contribution in [0.4, 0.5) is 0 Å². The molecule has 2 aromatic carbocycles. The van der Waals surface area contributed by atoms with E-state index in [1.807, 2.05) is 0 Å². The number of rotatable bonds is 7. The van der Waals surface area contributed by atoms with Crippen LogP contribution in [0.5, 0.6) is 5.75 Å². The number of halogens is 1. The summed E-state index contributed by atoms with van der Waals surface area (Å²) in [6, 6.07) is 13.0. The molecule has 2 amide bonds. The molecular formula is C20H20ClN3O5S. The predicted molar refractivity (Wildman–Crippen MR) is 115 cm³/mol. The number of benzene rings is 2. The zero-order valence-corrected chi connectivity index (χ0v) is 17.6. The highest BCUT2D eigenvalue weighted by Crippen LogP contribution is 2.13. The first-order valence-corrected chi connectivity index (χ1v) is 9.69. The molecule has 0 fully saturated rings. The summed E-state index contributed by atoms with van der Waals surface area (Å²) in [6.45, 7) is 1.71. The SMILES string of the molecule is CCOC(=O)c1ccc(OCC(=O)NNC(=S)NC(=O)Cc2ccc(Cl)cc2)cc1. The monoisotopic (exact) mass is 449 g/mol. The average Bonchev–Trinajstić information content (AvgIpc) is 2.73. The van der Waals surface area contributed by atoms with Gasteiger partial charge in [0.15, 0.2) is 11.7 Å². The Bertz CT molecular complexity index is 904. The summed E-state index contributed by atoms with van der Waals surface area (Å²) in [5.74, 6) is -0.893. The van der Waals surface area contributed by atoms with E-state index >= 15 is 0 Å². The van der Waals surface area contributed by atoms with Gasteiger partial charge in [-0.15, -0.1) is 0 Å². The summed E-state index contributed by atoms with van der Waals surface area (Å²) in [5, 5.41) is 2.97. The van der Waals surface area contributed by atoms with E-state index in [0.29, 0.717) is 16.3 Å². The minimum atomic E-state index is -0.515. The molecule has 0 radical (unpaired) electrons. The molecule has 8 nitrogen and oxygen atoms in total. The Morgan fingerprint density at radius 2 is 1.63 bits per heavy atom. The summed E-state index contributed by atoms with van der Waals surface area (Å²) in [6.07, 6.45) is 0.109. The highest BCUT2D eigenvalue weighted by Gasteiger charge is 2.09. The number of ether oxygens (including phenoxy) is 2. The number of carbonyl (C=O) groups excluding carboxylic acids is 3. The van der Waals surface area contributed by atoms with Gasteiger partial charge in [0.25, 0.3) is 5.91 Å². The van der Waals surface area contributed by atoms with Crippen molar-refractivity contribution in [3.8, 4) is 5.75 Å². The molecule has 10 heteroatoms. The molecule has 158 valence electrons. The Balaban J connectivity index is 1.68. The zero-order chi connectivity index (χ0) is 21.9. The molecular weight excluding hydrogens is 430 g/mol. The fourth-order valence-electron chi connectivity index (χ4n) is 2.20. The fourth-order valence-corrected chi connectivity index (χ4v) is 2.49. The third-order valence-corrected chi connectivity index (χ3v) is 4.04. The summed E-state index contributed by atoms with van der Waals surface area (Å²) in [7, 11) is 0. The molecule has 0 aliphatic carbocycles. The lowest BCUT2D eigenvalue weighted by Gasteiger charge is -2.11. The van der Waals surface area contributed by atoms with Crippen LogP contribution in [0.25, 0.3) is 0 Å². The minimum absolute atomic E-state index is 0.0545. The van der Waals surface area contributed by atoms with E-state index in [-0.39, 0.29) is 30.7 Å². The molecule has 0 aliphatic rings. The Morgan fingerprint density at radius 3 is 2.27 bits per heavy atom. The molecule has 3 N–H and O–H groups in total. The van der Waals surface area contributed by atoms with Crippen LogP contribution in [0.15, 0.2) is 48.5 Å². The number of thiocarbonyl (C=S) groups is 1. The van der Waals surface area contributed by atoms with Crippen molar-refractivity contribution in [2.45, 2.75) is 13.3 Å². The first-order valence-electron chi connectivity index (χ1n) is 8.90. The normalized spacial score (nSPS) is 9.93. The van der Waals surface area contributed by atoms with Crippen molar-refractivity contribution in [3.05, 3.63) is 64.7 Å². The van der Waals surface area contributed by atoms with Crippen LogP contribution in [0.1, 0.15) is 22.8 Å². The quantitative estimate of drug-likeness (QED) is 0.338. The Hall–Kier alpha value is -3.17. The van der Waals surface area contributed by atoms with Gasteiger partial charge in [0.1, 0.15) is 5.75 Å². The van der Waals surface area contributed by atoms with Gasteiger partial charge in [0.05, 0.1) is 18.6 Å². The van der Waals surface area contributed by atoms with Crippen molar-refractivity contribution in [3.63, 3.8) is 0 Å². The minimum Gasteiger partial charge on any atom is -0.484 e. The zero-order valence-electron chi connectivity index (χ0n) is 16.1. The molecule has 0 unspecified atom stereocenters. The maximum Gasteiger partial charge on any atom is 0.338 e. The standard InChI is InChI=1S/C20H20ClN3O5S/c1-2-28-19(27)14-5-9-16(10-6-14)29-12-18(26)23-24-20(30)22-17(25)11-13-3-7-15(21)8-4-13/h3-10H,2,11-12H2,1H3,(H,23,26)(H2,22,24,25,30). The van der Waals surface area contributed by atoms with Gasteiger partial charge in [-0.2, -0.15) is 0 Å². The molecule has 0 heterocycles. The Morgan fingerprint density at radius 1 is 0.967 bits per heavy atom. The van der Waals surface area contributed by atoms with Gasteiger partial charge in [-0.05, 0) is 61.1 Å². The lowest BCUT2D eigenvalue weighted by Crippen LogP contribution is -2.49. The molecule has 0 atom stereocenters. The van der Waals surface area contributed by atoms with E-state index < -0.39 is 11.9 Å². The summed E-state index contributed by atoms with van der Waals surface area (Å²) in [4.78, 5) is 35.4. The van der Waals surface area contributed by atoms with E-state index in [2.05, 4.69) is 16.2 Å². The molecule has 2 aromatic rings. The number of hydrazine groups is 1. The van der Waals surface area contributed by atoms with Crippen molar-refractivity contribution >= 4 is 46.7 Å². The summed E-state index contributed by atoms with van der Waals surface area (Å²) in [5.41, 5.74) is 5.89. The van der Waals surface area contributed by atoms with Gasteiger partial charge in [0.2, 0.25) is 5.91 Å². The average molecular weight is 450 g/mol. The molecule has 0 bridgehead atoms. The number of hydrogen-bond donors (Lipinski definition) is 3. The third-order valence-electron chi connectivity index (χ3n) is 3.58. The highest BCUT2D eigenvalue weighted by atomic mass is 35.5. The first kappa shape index (κ1) is 23.1. The summed E-state index contributed by atoms with van der Waals surface area (Å²) < 4.78 is 10.2. The highest BCUT2D eigenvalue weighted by molar-refractivity contribution is 7.80. The Labute approximate surface area is 183 Å². The van der Waals surface area contributed by atoms with Gasteiger partial charge >= 0.3 is 5.97 Å². The fraction of sp³-hybridized carbons (Fsp3) is 0.200. The van der Waals surface area contributed by atoms with Crippen LogP contribution in [0.3, 0.4) is 0 Å². The van der Waals surface area contributed by atoms with Crippen molar-refractivity contribution in [2.24, 2.45) is 0 Å². The van der Waals surface area contributed by atoms with Crippen LogP contribution >= 0.6 is 23.8 Å². The topological polar surface area (TPSA) is 106 Å². The van der Waals surface area contributed by atoms with Crippen LogP contribution in [-0.2, 0) is 20.7 Å². The molecule has 30 heavy (non-hydrogen) atoms. The predicted octanol–water partition coefficient (Wildman–Crippen LogP) is 2.16. The van der Waals surface area contributed by atoms with Crippen LogP contribution in [0, 0.1) is 0 Å². The van der Waals surface area contributed by atoms with Crippen molar-refractivity contribution in [2.75, 3.05) is 13.2 Å². The lowest BCUT2D eigenvalue weighted by atomic mass is 10.1. The first-order chi connectivity index (χ1) is 14.4. The van der Waals surface area contributed by atoms with Gasteiger partial charge in [-0.25, -0.2) is 4.79 Å². The third kappa shape index (κ3) is 8.06. The van der Waals surface area contributed by atoms with Crippen molar-refractivity contribution in [1.29, 1.82) is 0 Å². The molecule has 0 saturated carbocycles. The second-order valence-corrected chi connectivity index (χ2v) is 6.73. The number of esters is 1. The number of amides is 2. The largest absolute Gasteiger partial charge is 0.484 e. The number of carbonyl (C=O) groups is 3. The van der Waals surface area contributed by atoms with E-state index in [1.165, 1.54) is 12.1 Å². The van der Waals surface area contributed by atoms with Crippen LogP contribution in [0.2, 0.25) is 5.02 Å². The Kier molecular flexibility index (Phi) is 9.04. The number of hydrogen-bond acceptors (Lipinski definition) is 6. The molecule has 0 spiro atoms. The lowest BCUT2D eigenvalue weighted by molar-refractivity contribution is -0.124. The smallest absolute Gasteiger partial charge is 0.338 e. The molecule has 2 rings (SSSR count). The van der Waals surface area contributed by atoms with Gasteiger partial charge in [-0.1, -0.05) is 23.7 Å². The second kappa shape index (κ2) is 11.7. The van der Waals surface area contributed by atoms with Crippen molar-refractivity contribution < 1.29 is 23.9 Å².